The molecule has 1 saturated heterocycles. The second-order valence-corrected chi connectivity index (χ2v) is 6.99. The number of aromatic nitrogens is 1. The Hall–Kier alpha value is -3.58. The van der Waals surface area contributed by atoms with Crippen LogP contribution in [0.15, 0.2) is 72.6 Å². The van der Waals surface area contributed by atoms with Crippen LogP contribution in [0.2, 0.25) is 5.02 Å². The lowest BCUT2D eigenvalue weighted by Crippen LogP contribution is -2.30. The number of hydrogen-bond donors (Lipinski definition) is 1. The fourth-order valence-electron chi connectivity index (χ4n) is 3.41. The summed E-state index contributed by atoms with van der Waals surface area (Å²) in [4.78, 5) is 30.6. The summed E-state index contributed by atoms with van der Waals surface area (Å²) in [6, 6.07) is 10.7. The molecule has 1 aliphatic rings. The van der Waals surface area contributed by atoms with E-state index in [-0.39, 0.29) is 16.8 Å². The van der Waals surface area contributed by atoms with E-state index in [4.69, 9.17) is 11.6 Å². The van der Waals surface area contributed by atoms with Crippen molar-refractivity contribution in [2.75, 3.05) is 4.90 Å². The van der Waals surface area contributed by atoms with Crippen LogP contribution in [0.4, 0.5) is 14.5 Å². The van der Waals surface area contributed by atoms with Gasteiger partial charge in [-0.05, 0) is 42.0 Å². The van der Waals surface area contributed by atoms with Gasteiger partial charge in [0.2, 0.25) is 0 Å². The SMILES string of the molecule is O=C1C(=O)N(c2ccc(F)cc2F)C(c2ccncc2)/C1=C(\O)c1cccc(Cl)c1. The minimum absolute atomic E-state index is 0.221. The Kier molecular flexibility index (Phi) is 5.05. The van der Waals surface area contributed by atoms with Gasteiger partial charge in [0.15, 0.2) is 0 Å². The van der Waals surface area contributed by atoms with Crippen molar-refractivity contribution in [1.29, 1.82) is 0 Å². The highest BCUT2D eigenvalue weighted by Gasteiger charge is 2.47. The molecule has 1 aliphatic heterocycles. The first-order valence-corrected chi connectivity index (χ1v) is 9.18. The van der Waals surface area contributed by atoms with Gasteiger partial charge in [-0.15, -0.1) is 0 Å². The number of aliphatic hydroxyl groups excluding tert-OH is 1. The number of carbonyl (C=O) groups is 2. The van der Waals surface area contributed by atoms with Gasteiger partial charge in [-0.2, -0.15) is 0 Å². The molecule has 1 N–H and O–H groups in total. The van der Waals surface area contributed by atoms with Gasteiger partial charge >= 0.3 is 0 Å². The molecule has 1 atom stereocenters. The third kappa shape index (κ3) is 3.33. The number of anilines is 1. The Morgan fingerprint density at radius 1 is 1.03 bits per heavy atom. The van der Waals surface area contributed by atoms with Crippen molar-refractivity contribution in [2.24, 2.45) is 0 Å². The molecular formula is C22H13ClF2N2O3. The summed E-state index contributed by atoms with van der Waals surface area (Å²) in [5.74, 6) is -4.35. The van der Waals surface area contributed by atoms with E-state index in [2.05, 4.69) is 4.98 Å². The predicted molar refractivity (Wildman–Crippen MR) is 107 cm³/mol. The summed E-state index contributed by atoms with van der Waals surface area (Å²) < 4.78 is 28.0. The van der Waals surface area contributed by atoms with Crippen molar-refractivity contribution in [1.82, 2.24) is 4.98 Å². The largest absolute Gasteiger partial charge is 0.507 e. The molecule has 8 heteroatoms. The van der Waals surface area contributed by atoms with Crippen LogP contribution in [0.5, 0.6) is 0 Å². The third-order valence-electron chi connectivity index (χ3n) is 4.73. The maximum absolute atomic E-state index is 14.5. The molecule has 2 heterocycles. The molecule has 150 valence electrons. The van der Waals surface area contributed by atoms with E-state index >= 15 is 0 Å². The molecule has 1 fully saturated rings. The Labute approximate surface area is 174 Å². The van der Waals surface area contributed by atoms with Crippen LogP contribution in [0, 0.1) is 11.6 Å². The fraction of sp³-hybridized carbons (Fsp3) is 0.0455. The lowest BCUT2D eigenvalue weighted by molar-refractivity contribution is -0.132. The average molecular weight is 427 g/mol. The number of hydrogen-bond acceptors (Lipinski definition) is 4. The van der Waals surface area contributed by atoms with Crippen molar-refractivity contribution < 1.29 is 23.5 Å². The number of ketones is 1. The number of pyridine rings is 1. The van der Waals surface area contributed by atoms with Crippen LogP contribution in [-0.4, -0.2) is 21.8 Å². The van der Waals surface area contributed by atoms with Crippen LogP contribution in [-0.2, 0) is 9.59 Å². The zero-order valence-electron chi connectivity index (χ0n) is 15.2. The number of rotatable bonds is 3. The van der Waals surface area contributed by atoms with E-state index in [1.165, 1.54) is 36.7 Å². The highest BCUT2D eigenvalue weighted by Crippen LogP contribution is 2.42. The lowest BCUT2D eigenvalue weighted by Gasteiger charge is -2.25. The number of amides is 1. The molecule has 5 nitrogen and oxygen atoms in total. The quantitative estimate of drug-likeness (QED) is 0.376. The lowest BCUT2D eigenvalue weighted by atomic mass is 9.96. The summed E-state index contributed by atoms with van der Waals surface area (Å²) >= 11 is 5.98. The van der Waals surface area contributed by atoms with Crippen molar-refractivity contribution in [3.8, 4) is 0 Å². The molecule has 1 aromatic heterocycles. The zero-order chi connectivity index (χ0) is 21.4. The molecular weight excluding hydrogens is 414 g/mol. The molecule has 1 amide bonds. The standard InChI is InChI=1S/C22H13ClF2N2O3/c23-14-3-1-2-13(10-14)20(28)18-19(12-6-8-26-9-7-12)27(22(30)21(18)29)17-5-4-15(24)11-16(17)25/h1-11,19,28H/b20-18+. The van der Waals surface area contributed by atoms with Crippen LogP contribution >= 0.6 is 11.6 Å². The van der Waals surface area contributed by atoms with Gasteiger partial charge < -0.3 is 5.11 Å². The van der Waals surface area contributed by atoms with E-state index in [1.54, 1.807) is 12.1 Å². The Morgan fingerprint density at radius 3 is 2.43 bits per heavy atom. The zero-order valence-corrected chi connectivity index (χ0v) is 16.0. The van der Waals surface area contributed by atoms with Crippen LogP contribution in [0.25, 0.3) is 5.76 Å². The average Bonchev–Trinajstić information content (AvgIpc) is 2.99. The van der Waals surface area contributed by atoms with Gasteiger partial charge in [0.05, 0.1) is 17.3 Å². The Morgan fingerprint density at radius 2 is 1.77 bits per heavy atom. The maximum atomic E-state index is 14.5. The number of halogens is 3. The van der Waals surface area contributed by atoms with Gasteiger partial charge in [-0.25, -0.2) is 8.78 Å². The highest BCUT2D eigenvalue weighted by atomic mass is 35.5. The number of aliphatic hydroxyl groups is 1. The van der Waals surface area contributed by atoms with E-state index < -0.39 is 35.1 Å². The highest BCUT2D eigenvalue weighted by molar-refractivity contribution is 6.51. The Balaban J connectivity index is 1.97. The van der Waals surface area contributed by atoms with E-state index in [0.29, 0.717) is 16.7 Å². The molecule has 30 heavy (non-hydrogen) atoms. The fourth-order valence-corrected chi connectivity index (χ4v) is 3.60. The van der Waals surface area contributed by atoms with Crippen LogP contribution < -0.4 is 4.90 Å². The van der Waals surface area contributed by atoms with Gasteiger partial charge in [-0.3, -0.25) is 19.5 Å². The third-order valence-corrected chi connectivity index (χ3v) is 4.97. The number of Topliss-reactive ketones (excluding diaryl/α,β-unsaturated/α-hetero) is 1. The number of carbonyl (C=O) groups excluding carboxylic acids is 2. The normalized spacial score (nSPS) is 18.1. The second-order valence-electron chi connectivity index (χ2n) is 6.56. The van der Waals surface area contributed by atoms with E-state index in [9.17, 15) is 23.5 Å². The summed E-state index contributed by atoms with van der Waals surface area (Å²) in [7, 11) is 0. The topological polar surface area (TPSA) is 70.5 Å². The molecule has 1 unspecified atom stereocenters. The summed E-state index contributed by atoms with van der Waals surface area (Å²) in [6.45, 7) is 0. The van der Waals surface area contributed by atoms with Crippen molar-refractivity contribution >= 4 is 34.7 Å². The number of nitrogens with zero attached hydrogens (tertiary/aromatic N) is 2. The summed E-state index contributed by atoms with van der Waals surface area (Å²) in [5, 5.41) is 11.2. The van der Waals surface area contributed by atoms with Gasteiger partial charge in [-0.1, -0.05) is 23.7 Å². The maximum Gasteiger partial charge on any atom is 0.300 e. The van der Waals surface area contributed by atoms with Gasteiger partial charge in [0.1, 0.15) is 17.4 Å². The number of benzene rings is 2. The molecule has 3 aromatic rings. The van der Waals surface area contributed by atoms with Crippen LogP contribution in [0.3, 0.4) is 0 Å². The first-order valence-electron chi connectivity index (χ1n) is 8.80. The molecule has 0 bridgehead atoms. The first-order chi connectivity index (χ1) is 14.4. The predicted octanol–water partition coefficient (Wildman–Crippen LogP) is 4.64. The molecule has 2 aromatic carbocycles. The summed E-state index contributed by atoms with van der Waals surface area (Å²) in [6.07, 6.45) is 2.88. The molecule has 0 saturated carbocycles. The first kappa shape index (κ1) is 19.7. The van der Waals surface area contributed by atoms with E-state index in [0.717, 1.165) is 17.0 Å². The van der Waals surface area contributed by atoms with Crippen molar-refractivity contribution in [3.05, 3.63) is 100 Å². The van der Waals surface area contributed by atoms with Crippen LogP contribution in [0.1, 0.15) is 17.2 Å². The van der Waals surface area contributed by atoms with Crippen molar-refractivity contribution in [3.63, 3.8) is 0 Å². The van der Waals surface area contributed by atoms with Gasteiger partial charge in [0.25, 0.3) is 11.7 Å². The minimum atomic E-state index is -1.15. The molecule has 0 aliphatic carbocycles. The Bertz CT molecular complexity index is 1200. The monoisotopic (exact) mass is 426 g/mol. The van der Waals surface area contributed by atoms with Gasteiger partial charge in [0, 0.05) is 29.0 Å². The molecule has 4 rings (SSSR count). The molecule has 0 spiro atoms. The van der Waals surface area contributed by atoms with E-state index in [1.807, 2.05) is 0 Å². The minimum Gasteiger partial charge on any atom is -0.507 e. The second kappa shape index (κ2) is 7.68. The summed E-state index contributed by atoms with van der Waals surface area (Å²) in [5.41, 5.74) is 0.110. The molecule has 0 radical (unpaired) electrons. The van der Waals surface area contributed by atoms with Crippen molar-refractivity contribution in [2.45, 2.75) is 6.04 Å². The smallest absolute Gasteiger partial charge is 0.300 e.